The van der Waals surface area contributed by atoms with Gasteiger partial charge in [0.1, 0.15) is 10.0 Å². The zero-order valence-electron chi connectivity index (χ0n) is 9.90. The Labute approximate surface area is 115 Å². The van der Waals surface area contributed by atoms with Gasteiger partial charge in [-0.15, -0.1) is 5.10 Å². The highest BCUT2D eigenvalue weighted by atomic mass is 35.5. The van der Waals surface area contributed by atoms with Crippen LogP contribution in [0.15, 0.2) is 35.6 Å². The van der Waals surface area contributed by atoms with Crippen LogP contribution in [0.2, 0.25) is 5.15 Å². The van der Waals surface area contributed by atoms with Crippen molar-refractivity contribution in [1.82, 2.24) is 24.7 Å². The van der Waals surface area contributed by atoms with Gasteiger partial charge in [0.2, 0.25) is 10.0 Å². The van der Waals surface area contributed by atoms with E-state index in [0.29, 0.717) is 19.5 Å². The Kier molecular flexibility index (Phi) is 4.46. The number of aryl methyl sites for hydroxylation is 1. The molecule has 19 heavy (non-hydrogen) atoms. The lowest BCUT2D eigenvalue weighted by molar-refractivity contribution is 0.542. The van der Waals surface area contributed by atoms with Crippen molar-refractivity contribution in [1.29, 1.82) is 0 Å². The molecule has 0 aromatic carbocycles. The lowest BCUT2D eigenvalue weighted by Crippen LogP contribution is -2.25. The Balaban J connectivity index is 1.86. The maximum Gasteiger partial charge on any atom is 0.242 e. The minimum absolute atomic E-state index is 0.0951. The van der Waals surface area contributed by atoms with E-state index in [2.05, 4.69) is 20.0 Å². The first-order chi connectivity index (χ1) is 9.08. The fourth-order valence-electron chi connectivity index (χ4n) is 1.40. The third-order valence-corrected chi connectivity index (χ3v) is 4.01. The smallest absolute Gasteiger partial charge is 0.242 e. The fraction of sp³-hybridized carbons (Fsp3) is 0.300. The van der Waals surface area contributed by atoms with Crippen molar-refractivity contribution in [2.45, 2.75) is 17.9 Å². The molecule has 0 bridgehead atoms. The van der Waals surface area contributed by atoms with Crippen LogP contribution in [0.1, 0.15) is 6.42 Å². The Morgan fingerprint density at radius 2 is 2.21 bits per heavy atom. The van der Waals surface area contributed by atoms with Crippen LogP contribution in [-0.4, -0.2) is 34.9 Å². The van der Waals surface area contributed by atoms with E-state index >= 15 is 0 Å². The number of sulfonamides is 1. The highest BCUT2D eigenvalue weighted by Gasteiger charge is 2.13. The summed E-state index contributed by atoms with van der Waals surface area (Å²) < 4.78 is 27.9. The number of nitrogens with one attached hydrogen (secondary N) is 1. The van der Waals surface area contributed by atoms with Crippen molar-refractivity contribution in [3.8, 4) is 0 Å². The molecule has 2 heterocycles. The molecule has 0 aliphatic carbocycles. The third-order valence-electron chi connectivity index (χ3n) is 2.34. The van der Waals surface area contributed by atoms with E-state index in [1.807, 2.05) is 0 Å². The van der Waals surface area contributed by atoms with E-state index in [4.69, 9.17) is 11.6 Å². The van der Waals surface area contributed by atoms with Gasteiger partial charge < -0.3 is 0 Å². The average molecular weight is 302 g/mol. The van der Waals surface area contributed by atoms with Gasteiger partial charge in [0.05, 0.1) is 6.20 Å². The number of aromatic nitrogens is 4. The topological polar surface area (TPSA) is 89.8 Å². The van der Waals surface area contributed by atoms with Gasteiger partial charge >= 0.3 is 0 Å². The molecule has 0 aliphatic heterocycles. The summed E-state index contributed by atoms with van der Waals surface area (Å²) in [6, 6.07) is 2.85. The minimum Gasteiger partial charge on any atom is -0.253 e. The first-order valence-electron chi connectivity index (χ1n) is 5.53. The number of rotatable bonds is 6. The lowest BCUT2D eigenvalue weighted by atomic mass is 10.4. The van der Waals surface area contributed by atoms with Gasteiger partial charge in [0, 0.05) is 25.5 Å². The van der Waals surface area contributed by atoms with Gasteiger partial charge in [0.15, 0.2) is 0 Å². The predicted octanol–water partition coefficient (Wildman–Crippen LogP) is 0.695. The van der Waals surface area contributed by atoms with Crippen molar-refractivity contribution in [2.75, 3.05) is 6.54 Å². The van der Waals surface area contributed by atoms with Crippen molar-refractivity contribution in [3.63, 3.8) is 0 Å². The Morgan fingerprint density at radius 1 is 1.37 bits per heavy atom. The SMILES string of the molecule is O=S(=O)(NCCCn1ccnn1)c1ccc(Cl)nc1. The summed E-state index contributed by atoms with van der Waals surface area (Å²) in [7, 11) is -3.53. The second-order valence-corrected chi connectivity index (χ2v) is 5.89. The largest absolute Gasteiger partial charge is 0.253 e. The summed E-state index contributed by atoms with van der Waals surface area (Å²) >= 11 is 5.60. The molecule has 1 N–H and O–H groups in total. The average Bonchev–Trinajstić information content (AvgIpc) is 2.88. The number of pyridine rings is 1. The van der Waals surface area contributed by atoms with Gasteiger partial charge in [-0.3, -0.25) is 4.68 Å². The Bertz CT molecular complexity index is 612. The molecule has 0 aliphatic rings. The van der Waals surface area contributed by atoms with Crippen LogP contribution in [0.25, 0.3) is 0 Å². The molecule has 102 valence electrons. The molecule has 2 aromatic rings. The first-order valence-corrected chi connectivity index (χ1v) is 7.39. The molecular formula is C10H12ClN5O2S. The van der Waals surface area contributed by atoms with Crippen LogP contribution in [0.4, 0.5) is 0 Å². The first kappa shape index (κ1) is 13.9. The minimum atomic E-state index is -3.53. The van der Waals surface area contributed by atoms with Gasteiger partial charge in [-0.2, -0.15) is 0 Å². The summed E-state index contributed by atoms with van der Waals surface area (Å²) in [4.78, 5) is 3.83. The number of halogens is 1. The van der Waals surface area contributed by atoms with E-state index in [9.17, 15) is 8.42 Å². The molecule has 7 nitrogen and oxygen atoms in total. The summed E-state index contributed by atoms with van der Waals surface area (Å²) in [5, 5.41) is 7.70. The molecular weight excluding hydrogens is 290 g/mol. The van der Waals surface area contributed by atoms with Crippen LogP contribution in [-0.2, 0) is 16.6 Å². The zero-order chi connectivity index (χ0) is 13.7. The van der Waals surface area contributed by atoms with Crippen LogP contribution < -0.4 is 4.72 Å². The molecule has 0 saturated heterocycles. The zero-order valence-corrected chi connectivity index (χ0v) is 11.5. The number of nitrogens with zero attached hydrogens (tertiary/aromatic N) is 4. The van der Waals surface area contributed by atoms with E-state index in [0.717, 1.165) is 0 Å². The van der Waals surface area contributed by atoms with E-state index < -0.39 is 10.0 Å². The molecule has 0 atom stereocenters. The van der Waals surface area contributed by atoms with Gasteiger partial charge in [-0.05, 0) is 18.6 Å². The molecule has 0 radical (unpaired) electrons. The van der Waals surface area contributed by atoms with E-state index in [-0.39, 0.29) is 10.0 Å². The molecule has 0 saturated carbocycles. The van der Waals surface area contributed by atoms with Crippen LogP contribution in [0.5, 0.6) is 0 Å². The number of hydrogen-bond acceptors (Lipinski definition) is 5. The van der Waals surface area contributed by atoms with E-state index in [1.165, 1.54) is 18.3 Å². The highest BCUT2D eigenvalue weighted by molar-refractivity contribution is 7.89. The summed E-state index contributed by atoms with van der Waals surface area (Å²) in [5.41, 5.74) is 0. The Morgan fingerprint density at radius 3 is 2.84 bits per heavy atom. The van der Waals surface area contributed by atoms with Gasteiger partial charge in [-0.25, -0.2) is 18.1 Å². The molecule has 9 heteroatoms. The summed E-state index contributed by atoms with van der Waals surface area (Å²) in [6.07, 6.45) is 5.13. The molecule has 2 rings (SSSR count). The van der Waals surface area contributed by atoms with Gasteiger partial charge in [-0.1, -0.05) is 16.8 Å². The quantitative estimate of drug-likeness (QED) is 0.626. The van der Waals surface area contributed by atoms with Crippen LogP contribution >= 0.6 is 11.6 Å². The molecule has 0 unspecified atom stereocenters. The van der Waals surface area contributed by atoms with Crippen molar-refractivity contribution in [3.05, 3.63) is 35.9 Å². The second-order valence-electron chi connectivity index (χ2n) is 3.73. The van der Waals surface area contributed by atoms with Crippen LogP contribution in [0, 0.1) is 0 Å². The molecule has 0 spiro atoms. The van der Waals surface area contributed by atoms with Gasteiger partial charge in [0.25, 0.3) is 0 Å². The standard InChI is InChI=1S/C10H12ClN5O2S/c11-10-3-2-9(8-12-10)19(17,18)14-4-1-6-16-7-5-13-15-16/h2-3,5,7-8,14H,1,4,6H2. The summed E-state index contributed by atoms with van der Waals surface area (Å²) in [5.74, 6) is 0. The molecule has 2 aromatic heterocycles. The third kappa shape index (κ3) is 3.98. The van der Waals surface area contributed by atoms with Crippen molar-refractivity contribution < 1.29 is 8.42 Å². The highest BCUT2D eigenvalue weighted by Crippen LogP contribution is 2.10. The number of hydrogen-bond donors (Lipinski definition) is 1. The van der Waals surface area contributed by atoms with Crippen LogP contribution in [0.3, 0.4) is 0 Å². The normalized spacial score (nSPS) is 11.6. The maximum atomic E-state index is 11.9. The van der Waals surface area contributed by atoms with E-state index in [1.54, 1.807) is 17.1 Å². The molecule has 0 fully saturated rings. The fourth-order valence-corrected chi connectivity index (χ4v) is 2.53. The maximum absolute atomic E-state index is 11.9. The van der Waals surface area contributed by atoms with Crippen molar-refractivity contribution >= 4 is 21.6 Å². The Hall–Kier alpha value is -1.51. The lowest BCUT2D eigenvalue weighted by Gasteiger charge is -2.06. The monoisotopic (exact) mass is 301 g/mol. The second kappa shape index (κ2) is 6.09. The summed E-state index contributed by atoms with van der Waals surface area (Å²) in [6.45, 7) is 0.909. The van der Waals surface area contributed by atoms with Crippen molar-refractivity contribution in [2.24, 2.45) is 0 Å². The predicted molar refractivity (Wildman–Crippen MR) is 69.1 cm³/mol. The molecule has 0 amide bonds.